The number of aromatic nitrogens is 1. The fraction of sp³-hybridized carbons (Fsp3) is 0.0769. The van der Waals surface area contributed by atoms with E-state index >= 15 is 0 Å². The second-order valence-electron chi connectivity index (χ2n) is 4.25. The van der Waals surface area contributed by atoms with Crippen molar-refractivity contribution in [2.45, 2.75) is 6.92 Å². The van der Waals surface area contributed by atoms with Gasteiger partial charge in [0, 0.05) is 10.2 Å². The highest BCUT2D eigenvalue weighted by Gasteiger charge is 2.16. The van der Waals surface area contributed by atoms with Gasteiger partial charge in [0.2, 0.25) is 0 Å². The Hall–Kier alpha value is -2.35. The largest absolute Gasteiger partial charge is 0.477 e. The van der Waals surface area contributed by atoms with E-state index < -0.39 is 17.8 Å². The fourth-order valence-electron chi connectivity index (χ4n) is 1.73. The third-order valence-electron chi connectivity index (χ3n) is 2.59. The van der Waals surface area contributed by atoms with Gasteiger partial charge in [0.05, 0.1) is 11.4 Å². The molecule has 0 saturated heterocycles. The zero-order chi connectivity index (χ0) is 15.6. The number of carboxylic acids is 1. The van der Waals surface area contributed by atoms with E-state index in [9.17, 15) is 14.0 Å². The van der Waals surface area contributed by atoms with Crippen LogP contribution in [-0.4, -0.2) is 22.1 Å². The van der Waals surface area contributed by atoms with Crippen LogP contribution in [0.4, 0.5) is 20.6 Å². The van der Waals surface area contributed by atoms with Crippen molar-refractivity contribution < 1.29 is 19.1 Å². The molecule has 21 heavy (non-hydrogen) atoms. The summed E-state index contributed by atoms with van der Waals surface area (Å²) in [5.41, 5.74) is 0.521. The quantitative estimate of drug-likeness (QED) is 0.677. The molecule has 0 aliphatic carbocycles. The minimum absolute atomic E-state index is 0.0222. The van der Waals surface area contributed by atoms with E-state index in [-0.39, 0.29) is 17.1 Å². The van der Waals surface area contributed by atoms with E-state index in [2.05, 4.69) is 31.5 Å². The highest BCUT2D eigenvalue weighted by atomic mass is 79.9. The number of aromatic carboxylic acids is 1. The first kappa shape index (κ1) is 15.0. The average molecular weight is 356 g/mol. The first-order valence-corrected chi connectivity index (χ1v) is 6.62. The Bertz CT molecular complexity index is 715. The van der Waals surface area contributed by atoms with Crippen LogP contribution in [0.5, 0.6) is 0 Å². The highest BCUT2D eigenvalue weighted by molar-refractivity contribution is 9.10. The summed E-state index contributed by atoms with van der Waals surface area (Å²) < 4.78 is 14.1. The molecule has 0 saturated carbocycles. The summed E-state index contributed by atoms with van der Waals surface area (Å²) in [6.45, 7) is 1.66. The van der Waals surface area contributed by atoms with Crippen molar-refractivity contribution in [2.75, 3.05) is 10.6 Å². The molecule has 0 fully saturated rings. The van der Waals surface area contributed by atoms with Gasteiger partial charge in [-0.3, -0.25) is 0 Å². The predicted octanol–water partition coefficient (Wildman–Crippen LogP) is 3.57. The van der Waals surface area contributed by atoms with E-state index in [1.54, 1.807) is 6.92 Å². The summed E-state index contributed by atoms with van der Waals surface area (Å²) in [7, 11) is 0. The van der Waals surface area contributed by atoms with Crippen molar-refractivity contribution in [1.82, 2.24) is 4.98 Å². The first-order chi connectivity index (χ1) is 9.86. The molecule has 1 heterocycles. The van der Waals surface area contributed by atoms with Crippen molar-refractivity contribution in [3.05, 3.63) is 45.9 Å². The number of carbonyl (C=O) groups excluding carboxylic acids is 1. The third-order valence-corrected chi connectivity index (χ3v) is 3.08. The molecule has 6 nitrogen and oxygen atoms in total. The average Bonchev–Trinajstić information content (AvgIpc) is 2.75. The number of hydrogen-bond acceptors (Lipinski definition) is 2. The number of amides is 2. The van der Waals surface area contributed by atoms with Crippen LogP contribution in [0, 0.1) is 12.7 Å². The summed E-state index contributed by atoms with van der Waals surface area (Å²) in [6, 6.07) is 4.82. The zero-order valence-corrected chi connectivity index (χ0v) is 12.4. The van der Waals surface area contributed by atoms with Gasteiger partial charge >= 0.3 is 12.0 Å². The summed E-state index contributed by atoms with van der Waals surface area (Å²) in [5, 5.41) is 13.7. The molecule has 1 aromatic carbocycles. The number of benzene rings is 1. The Balaban J connectivity index is 2.15. The van der Waals surface area contributed by atoms with Gasteiger partial charge in [-0.2, -0.15) is 0 Å². The number of carboxylic acid groups (broad SMARTS) is 1. The van der Waals surface area contributed by atoms with E-state index in [0.717, 1.165) is 0 Å². The topological polar surface area (TPSA) is 94.2 Å². The third kappa shape index (κ3) is 3.60. The standard InChI is InChI=1S/C13H11BrFN3O3/c1-6-4-10(11(16-6)12(19)20)18-13(21)17-9-5-7(14)2-3-8(9)15/h2-5,16H,1H3,(H,19,20)(H2,17,18,21). The molecule has 0 atom stereocenters. The summed E-state index contributed by atoms with van der Waals surface area (Å²) in [5.74, 6) is -1.80. The Morgan fingerprint density at radius 3 is 2.57 bits per heavy atom. The Morgan fingerprint density at radius 1 is 1.24 bits per heavy atom. The molecule has 0 spiro atoms. The summed E-state index contributed by atoms with van der Waals surface area (Å²) in [4.78, 5) is 25.4. The van der Waals surface area contributed by atoms with Crippen LogP contribution in [0.2, 0.25) is 0 Å². The van der Waals surface area contributed by atoms with E-state index in [1.807, 2.05) is 0 Å². The number of urea groups is 1. The Morgan fingerprint density at radius 2 is 1.90 bits per heavy atom. The van der Waals surface area contributed by atoms with Crippen LogP contribution in [0.15, 0.2) is 28.7 Å². The smallest absolute Gasteiger partial charge is 0.354 e. The van der Waals surface area contributed by atoms with E-state index in [0.29, 0.717) is 10.2 Å². The number of halogens is 2. The van der Waals surface area contributed by atoms with Gasteiger partial charge in [-0.15, -0.1) is 0 Å². The Labute approximate surface area is 127 Å². The number of anilines is 2. The predicted molar refractivity (Wildman–Crippen MR) is 79.2 cm³/mol. The van der Waals surface area contributed by atoms with Gasteiger partial charge in [0.1, 0.15) is 11.5 Å². The van der Waals surface area contributed by atoms with Crippen LogP contribution < -0.4 is 10.6 Å². The number of H-pyrrole nitrogens is 1. The maximum atomic E-state index is 13.5. The summed E-state index contributed by atoms with van der Waals surface area (Å²) >= 11 is 3.17. The Kier molecular flexibility index (Phi) is 4.27. The SMILES string of the molecule is Cc1cc(NC(=O)Nc2cc(Br)ccc2F)c(C(=O)O)[nH]1. The van der Waals surface area contributed by atoms with Gasteiger partial charge in [0.15, 0.2) is 0 Å². The summed E-state index contributed by atoms with van der Waals surface area (Å²) in [6.07, 6.45) is 0. The molecule has 2 aromatic rings. The van der Waals surface area contributed by atoms with Crippen LogP contribution >= 0.6 is 15.9 Å². The molecule has 0 radical (unpaired) electrons. The van der Waals surface area contributed by atoms with Crippen molar-refractivity contribution in [2.24, 2.45) is 0 Å². The van der Waals surface area contributed by atoms with Crippen molar-refractivity contribution in [3.63, 3.8) is 0 Å². The molecule has 0 bridgehead atoms. The lowest BCUT2D eigenvalue weighted by atomic mass is 10.3. The van der Waals surface area contributed by atoms with Crippen LogP contribution in [-0.2, 0) is 0 Å². The molecule has 1 aromatic heterocycles. The fourth-order valence-corrected chi connectivity index (χ4v) is 2.09. The number of hydrogen-bond donors (Lipinski definition) is 4. The molecule has 0 aliphatic rings. The van der Waals surface area contributed by atoms with Gasteiger partial charge in [0.25, 0.3) is 0 Å². The molecular weight excluding hydrogens is 345 g/mol. The van der Waals surface area contributed by atoms with Gasteiger partial charge in [-0.05, 0) is 31.2 Å². The minimum Gasteiger partial charge on any atom is -0.477 e. The lowest BCUT2D eigenvalue weighted by Gasteiger charge is -2.08. The first-order valence-electron chi connectivity index (χ1n) is 5.83. The molecule has 0 aliphatic heterocycles. The molecule has 110 valence electrons. The monoisotopic (exact) mass is 355 g/mol. The van der Waals surface area contributed by atoms with Crippen molar-refractivity contribution in [3.8, 4) is 0 Å². The van der Waals surface area contributed by atoms with E-state index in [1.165, 1.54) is 24.3 Å². The molecule has 4 N–H and O–H groups in total. The lowest BCUT2D eigenvalue weighted by molar-refractivity contribution is 0.0692. The maximum Gasteiger partial charge on any atom is 0.354 e. The maximum absolute atomic E-state index is 13.5. The van der Waals surface area contributed by atoms with Crippen LogP contribution in [0.1, 0.15) is 16.2 Å². The van der Waals surface area contributed by atoms with Gasteiger partial charge < -0.3 is 20.7 Å². The minimum atomic E-state index is -1.20. The number of aromatic amines is 1. The second kappa shape index (κ2) is 5.96. The van der Waals surface area contributed by atoms with Gasteiger partial charge in [-0.1, -0.05) is 15.9 Å². The van der Waals surface area contributed by atoms with Crippen LogP contribution in [0.3, 0.4) is 0 Å². The zero-order valence-electron chi connectivity index (χ0n) is 10.8. The van der Waals surface area contributed by atoms with Crippen molar-refractivity contribution >= 4 is 39.3 Å². The lowest BCUT2D eigenvalue weighted by Crippen LogP contribution is -2.21. The van der Waals surface area contributed by atoms with Gasteiger partial charge in [-0.25, -0.2) is 14.0 Å². The highest BCUT2D eigenvalue weighted by Crippen LogP contribution is 2.21. The normalized spacial score (nSPS) is 10.2. The van der Waals surface area contributed by atoms with Crippen LogP contribution in [0.25, 0.3) is 0 Å². The molecule has 0 unspecified atom stereocenters. The molecule has 2 amide bonds. The second-order valence-corrected chi connectivity index (χ2v) is 5.17. The number of rotatable bonds is 3. The van der Waals surface area contributed by atoms with E-state index in [4.69, 9.17) is 5.11 Å². The molecule has 2 rings (SSSR count). The number of aryl methyl sites for hydroxylation is 1. The number of nitrogens with one attached hydrogen (secondary N) is 3. The molecule has 8 heteroatoms. The van der Waals surface area contributed by atoms with Crippen molar-refractivity contribution in [1.29, 1.82) is 0 Å². The molecular formula is C13H11BrFN3O3. The number of carbonyl (C=O) groups is 2.